The monoisotopic (exact) mass is 297 g/mol. The molecule has 0 aromatic heterocycles. The number of ether oxygens (including phenoxy) is 1. The van der Waals surface area contributed by atoms with Gasteiger partial charge in [-0.2, -0.15) is 0 Å². The fourth-order valence-electron chi connectivity index (χ4n) is 3.73. The number of carboxylic acids is 1. The molecule has 2 unspecified atom stereocenters. The zero-order valence-electron chi connectivity index (χ0n) is 12.9. The number of carboxylic acid groups (broad SMARTS) is 1. The first kappa shape index (κ1) is 16.3. The number of nitrogens with zero attached hydrogens (tertiary/aromatic N) is 1. The number of carbonyl (C=O) groups excluding carboxylic acids is 1. The van der Waals surface area contributed by atoms with Gasteiger partial charge < -0.3 is 14.7 Å². The molecule has 1 heterocycles. The van der Waals surface area contributed by atoms with Gasteiger partial charge in [-0.25, -0.2) is 0 Å². The second-order valence-corrected chi connectivity index (χ2v) is 6.43. The maximum absolute atomic E-state index is 12.3. The van der Waals surface area contributed by atoms with Crippen molar-refractivity contribution in [3.63, 3.8) is 0 Å². The lowest BCUT2D eigenvalue weighted by Crippen LogP contribution is -2.37. The van der Waals surface area contributed by atoms with E-state index in [1.165, 1.54) is 25.7 Å². The SMILES string of the molecule is COC1CC(CC(=O)O)N(C(=O)CCCC2CCCC2)C1. The van der Waals surface area contributed by atoms with Crippen molar-refractivity contribution in [2.75, 3.05) is 13.7 Å². The van der Waals surface area contributed by atoms with E-state index in [2.05, 4.69) is 0 Å². The van der Waals surface area contributed by atoms with Crippen molar-refractivity contribution in [3.05, 3.63) is 0 Å². The molecule has 1 aliphatic carbocycles. The van der Waals surface area contributed by atoms with Crippen LogP contribution in [-0.4, -0.2) is 47.7 Å². The minimum absolute atomic E-state index is 0.0202. The van der Waals surface area contributed by atoms with E-state index in [0.717, 1.165) is 18.8 Å². The van der Waals surface area contributed by atoms with Gasteiger partial charge in [-0.05, 0) is 25.2 Å². The van der Waals surface area contributed by atoms with Crippen LogP contribution in [0.5, 0.6) is 0 Å². The maximum Gasteiger partial charge on any atom is 0.305 e. The average Bonchev–Trinajstić information content (AvgIpc) is 3.07. The average molecular weight is 297 g/mol. The molecule has 2 fully saturated rings. The van der Waals surface area contributed by atoms with Crippen LogP contribution in [0.25, 0.3) is 0 Å². The van der Waals surface area contributed by atoms with Gasteiger partial charge in [-0.15, -0.1) is 0 Å². The number of rotatable bonds is 7. The largest absolute Gasteiger partial charge is 0.481 e. The second-order valence-electron chi connectivity index (χ2n) is 6.43. The summed E-state index contributed by atoms with van der Waals surface area (Å²) in [6.45, 7) is 0.538. The molecule has 0 aromatic carbocycles. The molecule has 1 saturated heterocycles. The summed E-state index contributed by atoms with van der Waals surface area (Å²) in [6.07, 6.45) is 8.54. The first-order chi connectivity index (χ1) is 10.1. The van der Waals surface area contributed by atoms with E-state index >= 15 is 0 Å². The molecule has 5 nitrogen and oxygen atoms in total. The number of methoxy groups -OCH3 is 1. The number of aliphatic carboxylic acids is 1. The summed E-state index contributed by atoms with van der Waals surface area (Å²) >= 11 is 0. The van der Waals surface area contributed by atoms with Gasteiger partial charge in [-0.1, -0.05) is 25.7 Å². The molecule has 21 heavy (non-hydrogen) atoms. The Balaban J connectivity index is 1.79. The van der Waals surface area contributed by atoms with Crippen LogP contribution in [0.2, 0.25) is 0 Å². The van der Waals surface area contributed by atoms with E-state index in [1.54, 1.807) is 12.0 Å². The number of amides is 1. The number of hydrogen-bond acceptors (Lipinski definition) is 3. The van der Waals surface area contributed by atoms with Crippen LogP contribution < -0.4 is 0 Å². The van der Waals surface area contributed by atoms with E-state index in [9.17, 15) is 9.59 Å². The summed E-state index contributed by atoms with van der Waals surface area (Å²) in [5, 5.41) is 8.97. The molecule has 1 saturated carbocycles. The van der Waals surface area contributed by atoms with Gasteiger partial charge in [0.05, 0.1) is 12.5 Å². The highest BCUT2D eigenvalue weighted by Gasteiger charge is 2.36. The van der Waals surface area contributed by atoms with Crippen molar-refractivity contribution in [1.82, 2.24) is 4.90 Å². The topological polar surface area (TPSA) is 66.8 Å². The first-order valence-electron chi connectivity index (χ1n) is 8.14. The van der Waals surface area contributed by atoms with Crippen LogP contribution in [-0.2, 0) is 14.3 Å². The highest BCUT2D eigenvalue weighted by Crippen LogP contribution is 2.29. The highest BCUT2D eigenvalue weighted by molar-refractivity contribution is 5.78. The van der Waals surface area contributed by atoms with Crippen molar-refractivity contribution < 1.29 is 19.4 Å². The molecule has 2 rings (SSSR count). The molecule has 1 amide bonds. The first-order valence-corrected chi connectivity index (χ1v) is 8.14. The van der Waals surface area contributed by atoms with Gasteiger partial charge in [0.1, 0.15) is 0 Å². The molecular formula is C16H27NO4. The van der Waals surface area contributed by atoms with E-state index in [4.69, 9.17) is 9.84 Å². The molecule has 5 heteroatoms. The predicted molar refractivity (Wildman–Crippen MR) is 79.0 cm³/mol. The van der Waals surface area contributed by atoms with Gasteiger partial charge in [0, 0.05) is 26.1 Å². The lowest BCUT2D eigenvalue weighted by molar-refractivity contribution is -0.139. The van der Waals surface area contributed by atoms with Gasteiger partial charge in [0.2, 0.25) is 5.91 Å². The van der Waals surface area contributed by atoms with E-state index in [-0.39, 0.29) is 24.5 Å². The number of carbonyl (C=O) groups is 2. The van der Waals surface area contributed by atoms with Crippen molar-refractivity contribution in [3.8, 4) is 0 Å². The smallest absolute Gasteiger partial charge is 0.305 e. The quantitative estimate of drug-likeness (QED) is 0.783. The van der Waals surface area contributed by atoms with E-state index in [1.807, 2.05) is 0 Å². The molecule has 1 N–H and O–H groups in total. The van der Waals surface area contributed by atoms with E-state index in [0.29, 0.717) is 19.4 Å². The molecular weight excluding hydrogens is 270 g/mol. The Morgan fingerprint density at radius 3 is 2.62 bits per heavy atom. The summed E-state index contributed by atoms with van der Waals surface area (Å²) in [6, 6.07) is -0.202. The maximum atomic E-state index is 12.3. The lowest BCUT2D eigenvalue weighted by atomic mass is 10.0. The van der Waals surface area contributed by atoms with Crippen molar-refractivity contribution >= 4 is 11.9 Å². The number of hydrogen-bond donors (Lipinski definition) is 1. The van der Waals surface area contributed by atoms with Crippen molar-refractivity contribution in [1.29, 1.82) is 0 Å². The molecule has 120 valence electrons. The molecule has 2 aliphatic rings. The second kappa shape index (κ2) is 7.78. The Hall–Kier alpha value is -1.10. The molecule has 1 aliphatic heterocycles. The third-order valence-corrected chi connectivity index (χ3v) is 4.92. The highest BCUT2D eigenvalue weighted by atomic mass is 16.5. The lowest BCUT2D eigenvalue weighted by Gasteiger charge is -2.23. The summed E-state index contributed by atoms with van der Waals surface area (Å²) in [5.74, 6) is 0.0530. The summed E-state index contributed by atoms with van der Waals surface area (Å²) in [7, 11) is 1.62. The van der Waals surface area contributed by atoms with Crippen LogP contribution in [0.4, 0.5) is 0 Å². The van der Waals surface area contributed by atoms with Crippen LogP contribution in [0, 0.1) is 5.92 Å². The van der Waals surface area contributed by atoms with Crippen molar-refractivity contribution in [2.45, 2.75) is 69.9 Å². The Morgan fingerprint density at radius 1 is 1.29 bits per heavy atom. The Labute approximate surface area is 126 Å². The van der Waals surface area contributed by atoms with Crippen LogP contribution in [0.3, 0.4) is 0 Å². The minimum Gasteiger partial charge on any atom is -0.481 e. The van der Waals surface area contributed by atoms with Gasteiger partial charge in [0.25, 0.3) is 0 Å². The molecule has 0 aromatic rings. The zero-order valence-corrected chi connectivity index (χ0v) is 12.9. The Bertz CT molecular complexity index is 365. The fraction of sp³-hybridized carbons (Fsp3) is 0.875. The summed E-state index contributed by atoms with van der Waals surface area (Å²) < 4.78 is 5.30. The number of likely N-dealkylation sites (tertiary alicyclic amines) is 1. The zero-order chi connectivity index (χ0) is 15.2. The summed E-state index contributed by atoms with van der Waals surface area (Å²) in [4.78, 5) is 25.0. The van der Waals surface area contributed by atoms with Gasteiger partial charge in [-0.3, -0.25) is 9.59 Å². The minimum atomic E-state index is -0.847. The third-order valence-electron chi connectivity index (χ3n) is 4.92. The van der Waals surface area contributed by atoms with E-state index < -0.39 is 5.97 Å². The van der Waals surface area contributed by atoms with Crippen molar-refractivity contribution in [2.24, 2.45) is 5.92 Å². The Kier molecular flexibility index (Phi) is 6.03. The molecule has 0 bridgehead atoms. The molecule has 0 radical (unpaired) electrons. The van der Waals surface area contributed by atoms with Crippen LogP contribution >= 0.6 is 0 Å². The third kappa shape index (κ3) is 4.70. The van der Waals surface area contributed by atoms with Gasteiger partial charge in [0.15, 0.2) is 0 Å². The Morgan fingerprint density at radius 2 is 2.00 bits per heavy atom. The van der Waals surface area contributed by atoms with Crippen LogP contribution in [0.15, 0.2) is 0 Å². The van der Waals surface area contributed by atoms with Gasteiger partial charge >= 0.3 is 5.97 Å². The van der Waals surface area contributed by atoms with Crippen LogP contribution in [0.1, 0.15) is 57.8 Å². The normalized spacial score (nSPS) is 26.4. The predicted octanol–water partition coefficient (Wildman–Crippen LogP) is 2.44. The molecule has 0 spiro atoms. The fourth-order valence-corrected chi connectivity index (χ4v) is 3.73. The summed E-state index contributed by atoms with van der Waals surface area (Å²) in [5.41, 5.74) is 0. The standard InChI is InChI=1S/C16H27NO4/c1-21-14-9-13(10-16(19)20)17(11-14)15(18)8-4-7-12-5-2-3-6-12/h12-14H,2-11H2,1H3,(H,19,20). The molecule has 2 atom stereocenters.